The Morgan fingerprint density at radius 2 is 1.63 bits per heavy atom. The maximum atomic E-state index is 12.5. The number of benzene rings is 2. The number of carbonyl (C=O) groups excluding carboxylic acids is 1. The topological polar surface area (TPSA) is 50.8 Å². The van der Waals surface area contributed by atoms with E-state index in [0.29, 0.717) is 6.54 Å². The van der Waals surface area contributed by atoms with Gasteiger partial charge in [-0.3, -0.25) is 9.69 Å². The van der Waals surface area contributed by atoms with E-state index < -0.39 is 0 Å². The summed E-state index contributed by atoms with van der Waals surface area (Å²) in [5.41, 5.74) is 3.58. The molecule has 1 heterocycles. The first-order valence-corrected chi connectivity index (χ1v) is 10.9. The van der Waals surface area contributed by atoms with Gasteiger partial charge in [0, 0.05) is 6.54 Å². The second-order valence-electron chi connectivity index (χ2n) is 8.08. The number of aryl methyl sites for hydroxylation is 2. The Kier molecular flexibility index (Phi) is 8.14. The van der Waals surface area contributed by atoms with E-state index in [-0.39, 0.29) is 18.6 Å². The Morgan fingerprint density at radius 3 is 2.27 bits per heavy atom. The average molecular weight is 411 g/mol. The van der Waals surface area contributed by atoms with Gasteiger partial charge in [-0.25, -0.2) is 0 Å². The zero-order valence-electron chi connectivity index (χ0n) is 18.4. The number of amides is 1. The smallest absolute Gasteiger partial charge is 0.258 e. The number of nitrogens with zero attached hydrogens (tertiary/aromatic N) is 1. The van der Waals surface area contributed by atoms with Gasteiger partial charge >= 0.3 is 0 Å². The Balaban J connectivity index is 1.61. The Morgan fingerprint density at radius 1 is 0.967 bits per heavy atom. The van der Waals surface area contributed by atoms with E-state index in [0.717, 1.165) is 30.2 Å². The normalized spacial score (nSPS) is 15.8. The molecule has 1 saturated heterocycles. The number of hydrogen-bond acceptors (Lipinski definition) is 4. The minimum atomic E-state index is -0.0958. The van der Waals surface area contributed by atoms with E-state index in [1.54, 1.807) is 7.11 Å². The van der Waals surface area contributed by atoms with Crippen molar-refractivity contribution in [2.75, 3.05) is 33.4 Å². The maximum Gasteiger partial charge on any atom is 0.258 e. The molecule has 1 N–H and O–H groups in total. The second kappa shape index (κ2) is 11.0. The lowest BCUT2D eigenvalue weighted by Gasteiger charge is -2.31. The summed E-state index contributed by atoms with van der Waals surface area (Å²) in [5, 5.41) is 3.09. The minimum Gasteiger partial charge on any atom is -0.497 e. The molecule has 1 atom stereocenters. The van der Waals surface area contributed by atoms with Crippen molar-refractivity contribution in [3.8, 4) is 11.5 Å². The van der Waals surface area contributed by atoms with Crippen molar-refractivity contribution in [3.63, 3.8) is 0 Å². The van der Waals surface area contributed by atoms with Gasteiger partial charge in [0.15, 0.2) is 6.61 Å². The van der Waals surface area contributed by atoms with Gasteiger partial charge < -0.3 is 14.8 Å². The van der Waals surface area contributed by atoms with Crippen molar-refractivity contribution in [2.24, 2.45) is 0 Å². The molecule has 162 valence electrons. The van der Waals surface area contributed by atoms with E-state index in [1.165, 1.54) is 36.8 Å². The molecule has 1 fully saturated rings. The summed E-state index contributed by atoms with van der Waals surface area (Å²) in [7, 11) is 1.68. The molecule has 2 aromatic rings. The molecular weight excluding hydrogens is 376 g/mol. The molecule has 30 heavy (non-hydrogen) atoms. The van der Waals surface area contributed by atoms with Crippen molar-refractivity contribution in [1.82, 2.24) is 10.2 Å². The highest BCUT2D eigenvalue weighted by Crippen LogP contribution is 2.25. The monoisotopic (exact) mass is 410 g/mol. The first kappa shape index (κ1) is 22.2. The van der Waals surface area contributed by atoms with E-state index in [1.807, 2.05) is 37.3 Å². The summed E-state index contributed by atoms with van der Waals surface area (Å²) in [5.74, 6) is 1.48. The van der Waals surface area contributed by atoms with Gasteiger partial charge in [0.25, 0.3) is 5.91 Å². The van der Waals surface area contributed by atoms with Crippen LogP contribution in [0.2, 0.25) is 0 Å². The van der Waals surface area contributed by atoms with Gasteiger partial charge in [-0.2, -0.15) is 0 Å². The van der Waals surface area contributed by atoms with Gasteiger partial charge in [0.05, 0.1) is 13.2 Å². The summed E-state index contributed by atoms with van der Waals surface area (Å²) in [6, 6.07) is 14.2. The summed E-state index contributed by atoms with van der Waals surface area (Å²) in [6.07, 6.45) is 4.97. The molecule has 0 aromatic heterocycles. The van der Waals surface area contributed by atoms with Gasteiger partial charge in [0.1, 0.15) is 11.5 Å². The van der Waals surface area contributed by atoms with Crippen LogP contribution in [0.15, 0.2) is 42.5 Å². The van der Waals surface area contributed by atoms with E-state index >= 15 is 0 Å². The molecule has 0 saturated carbocycles. The fourth-order valence-electron chi connectivity index (χ4n) is 3.90. The Hall–Kier alpha value is -2.53. The van der Waals surface area contributed by atoms with E-state index in [2.05, 4.69) is 29.3 Å². The molecule has 1 aliphatic rings. The zero-order chi connectivity index (χ0) is 21.3. The van der Waals surface area contributed by atoms with Gasteiger partial charge in [-0.15, -0.1) is 0 Å². The third kappa shape index (κ3) is 6.23. The van der Waals surface area contributed by atoms with E-state index in [9.17, 15) is 4.79 Å². The largest absolute Gasteiger partial charge is 0.497 e. The second-order valence-corrected chi connectivity index (χ2v) is 8.08. The molecule has 0 radical (unpaired) electrons. The van der Waals surface area contributed by atoms with Crippen LogP contribution in [0.3, 0.4) is 0 Å². The van der Waals surface area contributed by atoms with Crippen LogP contribution in [0, 0.1) is 13.8 Å². The lowest BCUT2D eigenvalue weighted by molar-refractivity contribution is -0.123. The average Bonchev–Trinajstić information content (AvgIpc) is 3.05. The Bertz CT molecular complexity index is 812. The predicted molar refractivity (Wildman–Crippen MR) is 120 cm³/mol. The molecule has 1 amide bonds. The van der Waals surface area contributed by atoms with Crippen molar-refractivity contribution < 1.29 is 14.3 Å². The molecule has 1 aliphatic heterocycles. The van der Waals surface area contributed by atoms with Gasteiger partial charge in [0.2, 0.25) is 0 Å². The van der Waals surface area contributed by atoms with Crippen LogP contribution < -0.4 is 14.8 Å². The van der Waals surface area contributed by atoms with E-state index in [4.69, 9.17) is 9.47 Å². The van der Waals surface area contributed by atoms with Gasteiger partial charge in [-0.1, -0.05) is 31.0 Å². The molecule has 0 aliphatic carbocycles. The highest BCUT2D eigenvalue weighted by Gasteiger charge is 2.22. The van der Waals surface area contributed by atoms with Crippen LogP contribution in [0.4, 0.5) is 0 Å². The maximum absolute atomic E-state index is 12.5. The highest BCUT2D eigenvalue weighted by atomic mass is 16.5. The molecule has 1 unspecified atom stereocenters. The number of ether oxygens (including phenoxy) is 2. The number of hydrogen-bond donors (Lipinski definition) is 1. The standard InChI is InChI=1S/C25H34N2O3/c1-19-8-11-23(16-20(19)2)30-18-25(28)26-17-24(27-14-6-4-5-7-15-27)21-9-12-22(29-3)13-10-21/h8-13,16,24H,4-7,14-15,17-18H2,1-3H3,(H,26,28). The summed E-state index contributed by atoms with van der Waals surface area (Å²) < 4.78 is 11.0. The fourth-order valence-corrected chi connectivity index (χ4v) is 3.90. The number of carbonyl (C=O) groups is 1. The predicted octanol–water partition coefficient (Wildman–Crippen LogP) is 4.42. The lowest BCUT2D eigenvalue weighted by atomic mass is 10.0. The fraction of sp³-hybridized carbons (Fsp3) is 0.480. The van der Waals surface area contributed by atoms with Crippen LogP contribution in [0.5, 0.6) is 11.5 Å². The zero-order valence-corrected chi connectivity index (χ0v) is 18.4. The van der Waals surface area contributed by atoms with Crippen LogP contribution in [0.25, 0.3) is 0 Å². The summed E-state index contributed by atoms with van der Waals surface area (Å²) >= 11 is 0. The molecule has 5 nitrogen and oxygen atoms in total. The van der Waals surface area contributed by atoms with Crippen molar-refractivity contribution in [2.45, 2.75) is 45.6 Å². The molecule has 3 rings (SSSR count). The third-order valence-electron chi connectivity index (χ3n) is 5.92. The summed E-state index contributed by atoms with van der Waals surface area (Å²) in [4.78, 5) is 15.0. The van der Waals surface area contributed by atoms with Crippen molar-refractivity contribution in [3.05, 3.63) is 59.2 Å². The number of methoxy groups -OCH3 is 1. The quantitative estimate of drug-likeness (QED) is 0.700. The Labute approximate surface area is 180 Å². The molecule has 2 aromatic carbocycles. The third-order valence-corrected chi connectivity index (χ3v) is 5.92. The van der Waals surface area contributed by atoms with Crippen LogP contribution in [-0.2, 0) is 4.79 Å². The number of rotatable bonds is 8. The number of nitrogens with one attached hydrogen (secondary N) is 1. The molecule has 5 heteroatoms. The van der Waals surface area contributed by atoms with Crippen LogP contribution >= 0.6 is 0 Å². The molecular formula is C25H34N2O3. The SMILES string of the molecule is COc1ccc(C(CNC(=O)COc2ccc(C)c(C)c2)N2CCCCCC2)cc1. The molecule has 0 spiro atoms. The summed E-state index contributed by atoms with van der Waals surface area (Å²) in [6.45, 7) is 6.83. The first-order chi connectivity index (χ1) is 14.6. The number of likely N-dealkylation sites (tertiary alicyclic amines) is 1. The van der Waals surface area contributed by atoms with Gasteiger partial charge in [-0.05, 0) is 80.7 Å². The van der Waals surface area contributed by atoms with Crippen LogP contribution in [0.1, 0.15) is 48.4 Å². The minimum absolute atomic E-state index is 0.0256. The van der Waals surface area contributed by atoms with Crippen molar-refractivity contribution in [1.29, 1.82) is 0 Å². The van der Waals surface area contributed by atoms with Crippen LogP contribution in [-0.4, -0.2) is 44.2 Å². The lowest BCUT2D eigenvalue weighted by Crippen LogP contribution is -2.40. The molecule has 0 bridgehead atoms. The first-order valence-electron chi connectivity index (χ1n) is 10.9. The highest BCUT2D eigenvalue weighted by molar-refractivity contribution is 5.77. The van der Waals surface area contributed by atoms with Crippen molar-refractivity contribution >= 4 is 5.91 Å².